The second-order valence-electron chi connectivity index (χ2n) is 11.0. The van der Waals surface area contributed by atoms with Crippen molar-refractivity contribution in [1.29, 1.82) is 0 Å². The molecule has 4 rings (SSSR count). The Morgan fingerprint density at radius 3 is 2.32 bits per heavy atom. The zero-order valence-electron chi connectivity index (χ0n) is 23.8. The number of nitrogens with zero attached hydrogens (tertiary/aromatic N) is 1. The summed E-state index contributed by atoms with van der Waals surface area (Å²) in [5.41, 5.74) is 3.43. The zero-order valence-corrected chi connectivity index (χ0v) is 23.8. The van der Waals surface area contributed by atoms with Crippen LogP contribution in [0.2, 0.25) is 0 Å². The van der Waals surface area contributed by atoms with Gasteiger partial charge in [-0.15, -0.1) is 0 Å². The molecule has 0 fully saturated rings. The van der Waals surface area contributed by atoms with E-state index >= 15 is 0 Å². The van der Waals surface area contributed by atoms with Crippen LogP contribution in [0.4, 0.5) is 16.2 Å². The molecular formula is C32H36N4O5. The van der Waals surface area contributed by atoms with Crippen molar-refractivity contribution in [3.05, 3.63) is 95.1 Å². The molecule has 0 radical (unpaired) electrons. The maximum absolute atomic E-state index is 13.6. The van der Waals surface area contributed by atoms with E-state index in [-0.39, 0.29) is 30.3 Å². The van der Waals surface area contributed by atoms with E-state index in [0.29, 0.717) is 36.2 Å². The summed E-state index contributed by atoms with van der Waals surface area (Å²) in [4.78, 5) is 52.6. The predicted octanol–water partition coefficient (Wildman–Crippen LogP) is 5.37. The van der Waals surface area contributed by atoms with Crippen LogP contribution in [0.15, 0.2) is 72.8 Å². The highest BCUT2D eigenvalue weighted by atomic mass is 16.6. The number of aryl methyl sites for hydroxylation is 1. The Kier molecular flexibility index (Phi) is 9.07. The summed E-state index contributed by atoms with van der Waals surface area (Å²) in [5, 5.41) is 8.35. The first-order chi connectivity index (χ1) is 19.5. The standard InChI is InChI=1S/C32H36N4O5/c1-21-10-5-6-11-24(21)29(38)34-23-17-15-22(16-18-23)30(39)36-19-9-13-26(25-12-7-8-14-27(25)36)35-28(37)20-33-31(40)41-32(2,3)4/h5-8,10-12,14-18,26H,9,13,19-20H2,1-4H3,(H,33,40)(H,34,38)(H,35,37). The van der Waals surface area contributed by atoms with Crippen molar-refractivity contribution in [3.63, 3.8) is 0 Å². The topological polar surface area (TPSA) is 117 Å². The van der Waals surface area contributed by atoms with Gasteiger partial charge in [0.2, 0.25) is 5.91 Å². The minimum absolute atomic E-state index is 0.173. The molecular weight excluding hydrogens is 520 g/mol. The summed E-state index contributed by atoms with van der Waals surface area (Å²) in [5.74, 6) is -0.732. The molecule has 0 spiro atoms. The highest BCUT2D eigenvalue weighted by Crippen LogP contribution is 2.34. The van der Waals surface area contributed by atoms with Gasteiger partial charge in [-0.05, 0) is 88.1 Å². The average Bonchev–Trinajstić information content (AvgIpc) is 3.11. The minimum atomic E-state index is -0.661. The van der Waals surface area contributed by atoms with E-state index < -0.39 is 11.7 Å². The molecule has 0 saturated heterocycles. The number of fused-ring (bicyclic) bond motifs is 1. The van der Waals surface area contributed by atoms with E-state index in [9.17, 15) is 19.2 Å². The van der Waals surface area contributed by atoms with Crippen molar-refractivity contribution in [2.24, 2.45) is 0 Å². The average molecular weight is 557 g/mol. The molecule has 1 aliphatic rings. The largest absolute Gasteiger partial charge is 0.444 e. The highest BCUT2D eigenvalue weighted by Gasteiger charge is 2.28. The summed E-state index contributed by atoms with van der Waals surface area (Å²) >= 11 is 0. The molecule has 3 aromatic carbocycles. The van der Waals surface area contributed by atoms with Crippen LogP contribution in [0.5, 0.6) is 0 Å². The lowest BCUT2D eigenvalue weighted by Gasteiger charge is -2.25. The van der Waals surface area contributed by atoms with Crippen LogP contribution in [0.25, 0.3) is 0 Å². The Labute approximate surface area is 240 Å². The Hall–Kier alpha value is -4.66. The third-order valence-corrected chi connectivity index (χ3v) is 6.63. The summed E-state index contributed by atoms with van der Waals surface area (Å²) in [6.45, 7) is 7.39. The van der Waals surface area contributed by atoms with Crippen LogP contribution in [0.3, 0.4) is 0 Å². The first kappa shape index (κ1) is 29.3. The first-order valence-electron chi connectivity index (χ1n) is 13.7. The van der Waals surface area contributed by atoms with E-state index in [0.717, 1.165) is 16.8 Å². The number of rotatable bonds is 6. The number of carbonyl (C=O) groups excluding carboxylic acids is 4. The summed E-state index contributed by atoms with van der Waals surface area (Å²) in [6.07, 6.45) is 0.629. The molecule has 0 aromatic heterocycles. The van der Waals surface area contributed by atoms with E-state index in [1.165, 1.54) is 0 Å². The number of nitrogens with one attached hydrogen (secondary N) is 3. The molecule has 9 nitrogen and oxygen atoms in total. The van der Waals surface area contributed by atoms with Gasteiger partial charge in [0.15, 0.2) is 0 Å². The number of alkyl carbamates (subject to hydrolysis) is 1. The van der Waals surface area contributed by atoms with Crippen molar-refractivity contribution in [2.75, 3.05) is 23.3 Å². The molecule has 4 amide bonds. The molecule has 1 unspecified atom stereocenters. The third kappa shape index (κ3) is 7.72. The fourth-order valence-corrected chi connectivity index (χ4v) is 4.71. The number of ether oxygens (including phenoxy) is 1. The Balaban J connectivity index is 1.43. The van der Waals surface area contributed by atoms with Crippen LogP contribution in [0, 0.1) is 6.92 Å². The second-order valence-corrected chi connectivity index (χ2v) is 11.0. The Morgan fingerprint density at radius 1 is 0.927 bits per heavy atom. The van der Waals surface area contributed by atoms with Crippen molar-refractivity contribution >= 4 is 35.2 Å². The number of amides is 4. The monoisotopic (exact) mass is 556 g/mol. The van der Waals surface area contributed by atoms with Gasteiger partial charge in [-0.2, -0.15) is 0 Å². The third-order valence-electron chi connectivity index (χ3n) is 6.63. The second kappa shape index (κ2) is 12.7. The number of carbonyl (C=O) groups is 4. The van der Waals surface area contributed by atoms with E-state index in [1.807, 2.05) is 49.4 Å². The number of hydrogen-bond acceptors (Lipinski definition) is 5. The van der Waals surface area contributed by atoms with Gasteiger partial charge < -0.3 is 25.6 Å². The maximum Gasteiger partial charge on any atom is 0.408 e. The van der Waals surface area contributed by atoms with Gasteiger partial charge in [-0.1, -0.05) is 36.4 Å². The highest BCUT2D eigenvalue weighted by molar-refractivity contribution is 6.08. The van der Waals surface area contributed by atoms with Crippen LogP contribution in [-0.4, -0.2) is 42.5 Å². The molecule has 1 atom stereocenters. The molecule has 41 heavy (non-hydrogen) atoms. The van der Waals surface area contributed by atoms with E-state index in [1.54, 1.807) is 56.0 Å². The summed E-state index contributed by atoms with van der Waals surface area (Å²) in [6, 6.07) is 21.4. The number of para-hydroxylation sites is 1. The quantitative estimate of drug-likeness (QED) is 0.377. The van der Waals surface area contributed by atoms with Gasteiger partial charge in [0, 0.05) is 29.0 Å². The van der Waals surface area contributed by atoms with Gasteiger partial charge >= 0.3 is 6.09 Å². The zero-order chi connectivity index (χ0) is 29.6. The molecule has 1 heterocycles. The predicted molar refractivity (Wildman–Crippen MR) is 158 cm³/mol. The van der Waals surface area contributed by atoms with Crippen molar-refractivity contribution in [3.8, 4) is 0 Å². The van der Waals surface area contributed by atoms with E-state index in [2.05, 4.69) is 16.0 Å². The van der Waals surface area contributed by atoms with Crippen LogP contribution in [0.1, 0.15) is 71.5 Å². The number of benzene rings is 3. The lowest BCUT2D eigenvalue weighted by atomic mass is 10.0. The van der Waals surface area contributed by atoms with E-state index in [4.69, 9.17) is 4.74 Å². The normalized spacial score (nSPS) is 14.7. The molecule has 3 aromatic rings. The van der Waals surface area contributed by atoms with Crippen molar-refractivity contribution in [2.45, 2.75) is 52.2 Å². The first-order valence-corrected chi connectivity index (χ1v) is 13.7. The van der Waals surface area contributed by atoms with Crippen molar-refractivity contribution < 1.29 is 23.9 Å². The van der Waals surface area contributed by atoms with Gasteiger partial charge in [0.05, 0.1) is 6.04 Å². The van der Waals surface area contributed by atoms with Gasteiger partial charge in [-0.3, -0.25) is 14.4 Å². The molecule has 9 heteroatoms. The lowest BCUT2D eigenvalue weighted by molar-refractivity contribution is -0.121. The fraction of sp³-hybridized carbons (Fsp3) is 0.312. The van der Waals surface area contributed by atoms with Crippen molar-refractivity contribution in [1.82, 2.24) is 10.6 Å². The van der Waals surface area contributed by atoms with Crippen LogP contribution in [-0.2, 0) is 9.53 Å². The molecule has 0 saturated carbocycles. The molecule has 214 valence electrons. The molecule has 3 N–H and O–H groups in total. The lowest BCUT2D eigenvalue weighted by Crippen LogP contribution is -2.40. The van der Waals surface area contributed by atoms with Crippen LogP contribution >= 0.6 is 0 Å². The fourth-order valence-electron chi connectivity index (χ4n) is 4.71. The summed E-state index contributed by atoms with van der Waals surface area (Å²) in [7, 11) is 0. The SMILES string of the molecule is Cc1ccccc1C(=O)Nc1ccc(C(=O)N2CCCC(NC(=O)CNC(=O)OC(C)(C)C)c3ccccc32)cc1. The minimum Gasteiger partial charge on any atom is -0.444 e. The van der Waals surface area contributed by atoms with Gasteiger partial charge in [0.1, 0.15) is 12.1 Å². The van der Waals surface area contributed by atoms with Gasteiger partial charge in [-0.25, -0.2) is 4.79 Å². The number of anilines is 2. The number of hydrogen-bond donors (Lipinski definition) is 3. The molecule has 0 aliphatic carbocycles. The van der Waals surface area contributed by atoms with Gasteiger partial charge in [0.25, 0.3) is 11.8 Å². The smallest absolute Gasteiger partial charge is 0.408 e. The summed E-state index contributed by atoms with van der Waals surface area (Å²) < 4.78 is 5.19. The van der Waals surface area contributed by atoms with Crippen LogP contribution < -0.4 is 20.9 Å². The maximum atomic E-state index is 13.6. The Morgan fingerprint density at radius 2 is 1.61 bits per heavy atom. The Bertz CT molecular complexity index is 1430. The molecule has 0 bridgehead atoms. The molecule has 1 aliphatic heterocycles.